The summed E-state index contributed by atoms with van der Waals surface area (Å²) in [5, 5.41) is 0.0446. The van der Waals surface area contributed by atoms with Crippen molar-refractivity contribution in [1.82, 2.24) is 0 Å². The average Bonchev–Trinajstić information content (AvgIpc) is 3.08. The second kappa shape index (κ2) is 23.7. The fourth-order valence-electron chi connectivity index (χ4n) is 7.33. The van der Waals surface area contributed by atoms with Crippen molar-refractivity contribution in [2.45, 2.75) is 315 Å². The van der Waals surface area contributed by atoms with Gasteiger partial charge in [-0.1, -0.05) is 129 Å². The van der Waals surface area contributed by atoms with Gasteiger partial charge in [0, 0.05) is 25.7 Å². The molecular weight excluding hydrogens is 989 g/mol. The zero-order valence-corrected chi connectivity index (χ0v) is 57.7. The Morgan fingerprint density at radius 1 is 0.577 bits per heavy atom. The number of rotatable bonds is 20. The molecule has 0 spiro atoms. The van der Waals surface area contributed by atoms with Gasteiger partial charge in [-0.05, 0) is 123 Å². The van der Waals surface area contributed by atoms with E-state index in [4.69, 9.17) is 41.1 Å². The highest BCUT2D eigenvalue weighted by atomic mass is 28.4. The topological polar surface area (TPSA) is 100 Å². The van der Waals surface area contributed by atoms with Crippen LogP contribution in [0.25, 0.3) is 0 Å². The van der Waals surface area contributed by atoms with Crippen molar-refractivity contribution in [2.75, 3.05) is 6.61 Å². The number of hydrogen-bond acceptors (Lipinski definition) is 10. The molecule has 0 amide bonds. The van der Waals surface area contributed by atoms with Crippen LogP contribution in [0.15, 0.2) is 11.8 Å². The third-order valence-corrected chi connectivity index (χ3v) is 40.3. The molecule has 0 N–H and O–H groups in total. The summed E-state index contributed by atoms with van der Waals surface area (Å²) in [6.07, 6.45) is 2.96. The van der Waals surface area contributed by atoms with Gasteiger partial charge in [0.2, 0.25) is 0 Å². The predicted molar refractivity (Wildman–Crippen MR) is 314 cm³/mol. The van der Waals surface area contributed by atoms with Crippen LogP contribution in [0.5, 0.6) is 0 Å². The third-order valence-electron chi connectivity index (χ3n) is 16.8. The molecule has 0 aromatic carbocycles. The summed E-state index contributed by atoms with van der Waals surface area (Å²) in [7, 11) is -12.8. The van der Waals surface area contributed by atoms with E-state index in [9.17, 15) is 4.79 Å². The van der Waals surface area contributed by atoms with Crippen molar-refractivity contribution in [3.63, 3.8) is 0 Å². The van der Waals surface area contributed by atoms with Crippen LogP contribution in [0.1, 0.15) is 156 Å². The lowest BCUT2D eigenvalue weighted by Gasteiger charge is -2.46. The first-order chi connectivity index (χ1) is 31.3. The second-order valence-electron chi connectivity index (χ2n) is 30.4. The quantitative estimate of drug-likeness (QED) is 0.0666. The largest absolute Gasteiger partial charge is 0.513 e. The van der Waals surface area contributed by atoms with Gasteiger partial charge in [0.25, 0.3) is 0 Å². The molecule has 0 aromatic rings. The zero-order chi connectivity index (χ0) is 55.6. The van der Waals surface area contributed by atoms with Crippen molar-refractivity contribution in [2.24, 2.45) is 0 Å². The molecule has 10 nitrogen and oxygen atoms in total. The van der Waals surface area contributed by atoms with E-state index < -0.39 is 73.8 Å². The van der Waals surface area contributed by atoms with E-state index in [-0.39, 0.29) is 55.7 Å². The molecule has 2 rings (SSSR count). The Morgan fingerprint density at radius 2 is 1.00 bits per heavy atom. The Bertz CT molecular complexity index is 1820. The van der Waals surface area contributed by atoms with E-state index in [2.05, 4.69) is 200 Å². The SMILES string of the molecule is CC1(C)O[C@@H](C[C@@H](/C=C2\C[C@H](C[C@H](C#C[Si](C)(C)C)O[Si](C)(C)C(C)(C)C)OC(=O)O2)O[Si](C)(C)C(C)(C)C)C[C@@H](C[C@H](C[C@H](CO[Si](C)(C)C(C)(C)C)O[Si](C)(C)C(C)(C)C)O[Si](C)(C)C(C)(C)C)O1. The van der Waals surface area contributed by atoms with Gasteiger partial charge in [0.15, 0.2) is 47.4 Å². The molecule has 7 atom stereocenters. The van der Waals surface area contributed by atoms with Crippen LogP contribution < -0.4 is 0 Å². The Morgan fingerprint density at radius 3 is 1.45 bits per heavy atom. The molecular formula is C55H112O10Si6. The van der Waals surface area contributed by atoms with Crippen molar-refractivity contribution in [1.29, 1.82) is 0 Å². The third kappa shape index (κ3) is 21.2. The fourth-order valence-corrected chi connectivity index (χ4v) is 14.2. The predicted octanol–water partition coefficient (Wildman–Crippen LogP) is 16.7. The molecule has 2 fully saturated rings. The molecule has 71 heavy (non-hydrogen) atoms. The van der Waals surface area contributed by atoms with Gasteiger partial charge in [-0.15, -0.1) is 5.54 Å². The van der Waals surface area contributed by atoms with E-state index in [1.165, 1.54) is 0 Å². The van der Waals surface area contributed by atoms with Crippen molar-refractivity contribution in [3.05, 3.63) is 11.8 Å². The van der Waals surface area contributed by atoms with Crippen LogP contribution >= 0.6 is 0 Å². The fraction of sp³-hybridized carbons (Fsp3) is 0.909. The Kier molecular flexibility index (Phi) is 22.2. The minimum Gasteiger partial charge on any atom is -0.430 e. The molecule has 2 aliphatic heterocycles. The molecule has 2 heterocycles. The minimum absolute atomic E-state index is 0.00258. The summed E-state index contributed by atoms with van der Waals surface area (Å²) in [6.45, 7) is 68.6. The highest BCUT2D eigenvalue weighted by Gasteiger charge is 2.47. The zero-order valence-electron chi connectivity index (χ0n) is 51.7. The molecule has 0 bridgehead atoms. The van der Waals surface area contributed by atoms with Gasteiger partial charge in [0.05, 0.1) is 37.1 Å². The van der Waals surface area contributed by atoms with Gasteiger partial charge in [0.1, 0.15) is 26.0 Å². The van der Waals surface area contributed by atoms with Gasteiger partial charge < -0.3 is 41.1 Å². The summed E-state index contributed by atoms with van der Waals surface area (Å²) >= 11 is 0. The van der Waals surface area contributed by atoms with Gasteiger partial charge >= 0.3 is 6.16 Å². The van der Waals surface area contributed by atoms with E-state index in [1.54, 1.807) is 0 Å². The van der Waals surface area contributed by atoms with Crippen molar-refractivity contribution in [3.8, 4) is 11.5 Å². The molecule has 0 aromatic heterocycles. The average molecular weight is 1100 g/mol. The molecule has 2 saturated heterocycles. The molecule has 416 valence electrons. The number of ether oxygens (including phenoxy) is 4. The molecule has 2 aliphatic rings. The monoisotopic (exact) mass is 1100 g/mol. The Hall–Kier alpha value is -0.409. The summed E-state index contributed by atoms with van der Waals surface area (Å²) in [6, 6.07) is 0. The van der Waals surface area contributed by atoms with Gasteiger partial charge in [-0.25, -0.2) is 4.79 Å². The summed E-state index contributed by atoms with van der Waals surface area (Å²) in [4.78, 5) is 13.3. The number of cyclic esters (lactones) is 2. The Balaban J connectivity index is 2.64. The van der Waals surface area contributed by atoms with Crippen LogP contribution in [0.3, 0.4) is 0 Å². The lowest BCUT2D eigenvalue weighted by atomic mass is 9.96. The minimum atomic E-state index is -2.35. The maximum Gasteiger partial charge on any atom is 0.513 e. The summed E-state index contributed by atoms with van der Waals surface area (Å²) < 4.78 is 61.5. The molecule has 16 heteroatoms. The van der Waals surface area contributed by atoms with E-state index >= 15 is 0 Å². The first-order valence-electron chi connectivity index (χ1n) is 27.1. The van der Waals surface area contributed by atoms with Crippen LogP contribution in [-0.2, 0) is 41.1 Å². The highest BCUT2D eigenvalue weighted by molar-refractivity contribution is 6.84. The van der Waals surface area contributed by atoms with E-state index in [1.807, 2.05) is 19.9 Å². The van der Waals surface area contributed by atoms with Gasteiger partial charge in [-0.3, -0.25) is 0 Å². The van der Waals surface area contributed by atoms with E-state index in [0.29, 0.717) is 50.9 Å². The lowest BCUT2D eigenvalue weighted by molar-refractivity contribution is -0.304. The lowest BCUT2D eigenvalue weighted by Crippen LogP contribution is -2.51. The first kappa shape index (κ1) is 66.7. The molecule has 0 unspecified atom stereocenters. The van der Waals surface area contributed by atoms with Crippen molar-refractivity contribution < 1.29 is 45.9 Å². The summed E-state index contributed by atoms with van der Waals surface area (Å²) in [5.41, 5.74) is 3.55. The van der Waals surface area contributed by atoms with Crippen LogP contribution in [-0.4, -0.2) is 111 Å². The van der Waals surface area contributed by atoms with Crippen molar-refractivity contribution >= 4 is 55.8 Å². The highest BCUT2D eigenvalue weighted by Crippen LogP contribution is 2.44. The van der Waals surface area contributed by atoms with E-state index in [0.717, 1.165) is 0 Å². The van der Waals surface area contributed by atoms with Gasteiger partial charge in [-0.2, -0.15) is 0 Å². The standard InChI is InChI=1S/C55H112O10Si6/c1-50(2,3)67(21,22)57-40-48(65-71(29,30)54(13,14)15)39-47(64-70(27,28)53(10,11)12)38-45-36-44(60-55(16,17)61-45)37-46(63-69(25,26)52(7,8)9)35-43-34-42(58-49(56)59-43)33-41(31-32-66(18,19)20)62-68(23,24)51(4,5)6/h35,41-42,44-48H,33-34,36-40H2,1-30H3/b43-35+/t41-,42-,44+,45-,46+,47+,48+/m0/s1. The molecule has 0 saturated carbocycles. The van der Waals surface area contributed by atoms with Crippen LogP contribution in [0.4, 0.5) is 4.79 Å². The van der Waals surface area contributed by atoms with Crippen LogP contribution in [0.2, 0.25) is 110 Å². The second-order valence-corrected chi connectivity index (χ2v) is 58.9. The maximum absolute atomic E-state index is 13.3. The first-order valence-corrected chi connectivity index (χ1v) is 45.1. The van der Waals surface area contributed by atoms with Crippen LogP contribution in [0, 0.1) is 11.5 Å². The number of carbonyl (C=O) groups is 1. The number of hydrogen-bond donors (Lipinski definition) is 0. The maximum atomic E-state index is 13.3. The summed E-state index contributed by atoms with van der Waals surface area (Å²) in [5.74, 6) is 3.19. The normalized spacial score (nSPS) is 23.0. The Labute approximate surface area is 444 Å². The molecule has 0 aliphatic carbocycles. The smallest absolute Gasteiger partial charge is 0.430 e. The number of carbonyl (C=O) groups excluding carboxylic acids is 1. The molecule has 0 radical (unpaired) electrons.